The van der Waals surface area contributed by atoms with Crippen molar-refractivity contribution in [1.29, 1.82) is 0 Å². The molecule has 1 aromatic rings. The zero-order valence-corrected chi connectivity index (χ0v) is 15.4. The second-order valence-electron chi connectivity index (χ2n) is 7.51. The van der Waals surface area contributed by atoms with E-state index in [1.807, 2.05) is 4.90 Å². The zero-order chi connectivity index (χ0) is 17.1. The Labute approximate surface area is 146 Å². The molecule has 0 atom stereocenters. The molecule has 4 nitrogen and oxygen atoms in total. The lowest BCUT2D eigenvalue weighted by atomic mass is 10.0. The van der Waals surface area contributed by atoms with E-state index in [2.05, 4.69) is 47.9 Å². The Hall–Kier alpha value is -1.55. The summed E-state index contributed by atoms with van der Waals surface area (Å²) in [5, 5.41) is 0. The van der Waals surface area contributed by atoms with Gasteiger partial charge in [-0.2, -0.15) is 0 Å². The molecule has 1 amide bonds. The van der Waals surface area contributed by atoms with Gasteiger partial charge in [0.15, 0.2) is 0 Å². The van der Waals surface area contributed by atoms with Gasteiger partial charge in [-0.1, -0.05) is 26.0 Å². The molecule has 0 radical (unpaired) electrons. The summed E-state index contributed by atoms with van der Waals surface area (Å²) in [5.41, 5.74) is 2.76. The molecule has 0 saturated carbocycles. The number of piperidine rings is 1. The molecule has 2 aliphatic heterocycles. The van der Waals surface area contributed by atoms with E-state index in [1.165, 1.54) is 11.3 Å². The van der Waals surface area contributed by atoms with E-state index < -0.39 is 0 Å². The quantitative estimate of drug-likeness (QED) is 0.853. The van der Waals surface area contributed by atoms with Crippen LogP contribution in [0.15, 0.2) is 24.3 Å². The molecule has 0 aromatic heterocycles. The van der Waals surface area contributed by atoms with E-state index in [9.17, 15) is 4.79 Å². The van der Waals surface area contributed by atoms with E-state index in [-0.39, 0.29) is 5.91 Å². The molecule has 2 aliphatic rings. The van der Waals surface area contributed by atoms with Crippen molar-refractivity contribution in [2.24, 2.45) is 0 Å². The molecule has 132 valence electrons. The summed E-state index contributed by atoms with van der Waals surface area (Å²) in [6, 6.07) is 9.74. The number of likely N-dealkylation sites (tertiary alicyclic amines) is 1. The van der Waals surface area contributed by atoms with Crippen LogP contribution in [0.3, 0.4) is 0 Å². The highest BCUT2D eigenvalue weighted by Gasteiger charge is 2.28. The van der Waals surface area contributed by atoms with Gasteiger partial charge in [-0.25, -0.2) is 0 Å². The second kappa shape index (κ2) is 7.56. The van der Waals surface area contributed by atoms with Crippen molar-refractivity contribution < 1.29 is 4.79 Å². The van der Waals surface area contributed by atoms with Crippen molar-refractivity contribution in [1.82, 2.24) is 9.80 Å². The van der Waals surface area contributed by atoms with Crippen molar-refractivity contribution in [3.63, 3.8) is 0 Å². The van der Waals surface area contributed by atoms with Gasteiger partial charge in [-0.15, -0.1) is 0 Å². The number of rotatable bonds is 3. The number of hydrogen-bond acceptors (Lipinski definition) is 3. The van der Waals surface area contributed by atoms with Crippen molar-refractivity contribution >= 4 is 11.6 Å². The minimum absolute atomic E-state index is 0.225. The Morgan fingerprint density at radius 3 is 2.04 bits per heavy atom. The predicted octanol–water partition coefficient (Wildman–Crippen LogP) is 2.94. The van der Waals surface area contributed by atoms with Gasteiger partial charge >= 0.3 is 0 Å². The zero-order valence-electron chi connectivity index (χ0n) is 15.4. The molecule has 3 rings (SSSR count). The first-order chi connectivity index (χ1) is 11.5. The van der Waals surface area contributed by atoms with Crippen LogP contribution in [-0.4, -0.2) is 61.0 Å². The highest BCUT2D eigenvalue weighted by atomic mass is 16.2. The third-order valence-corrected chi connectivity index (χ3v) is 5.67. The monoisotopic (exact) mass is 329 g/mol. The fourth-order valence-electron chi connectivity index (χ4n) is 3.96. The average Bonchev–Trinajstić information content (AvgIpc) is 2.62. The fraction of sp³-hybridized carbons (Fsp3) is 0.650. The largest absolute Gasteiger partial charge is 0.369 e. The van der Waals surface area contributed by atoms with Crippen LogP contribution in [0.25, 0.3) is 0 Å². The van der Waals surface area contributed by atoms with Gasteiger partial charge in [-0.3, -0.25) is 9.69 Å². The van der Waals surface area contributed by atoms with Crippen molar-refractivity contribution in [2.45, 2.75) is 45.6 Å². The van der Waals surface area contributed by atoms with Gasteiger partial charge in [0.1, 0.15) is 0 Å². The molecule has 4 heteroatoms. The topological polar surface area (TPSA) is 26.8 Å². The minimum Gasteiger partial charge on any atom is -0.369 e. The molecule has 0 aliphatic carbocycles. The SMILES string of the molecule is CC(=O)N1CCC(N2CCN(c3ccc(C(C)C)cc3)CC2)CC1. The third-order valence-electron chi connectivity index (χ3n) is 5.67. The van der Waals surface area contributed by atoms with Crippen LogP contribution in [0.1, 0.15) is 45.1 Å². The van der Waals surface area contributed by atoms with Crippen molar-refractivity contribution in [2.75, 3.05) is 44.2 Å². The van der Waals surface area contributed by atoms with Crippen molar-refractivity contribution in [3.8, 4) is 0 Å². The lowest BCUT2D eigenvalue weighted by Crippen LogP contribution is -2.53. The Balaban J connectivity index is 1.50. The predicted molar refractivity (Wildman–Crippen MR) is 99.6 cm³/mol. The standard InChI is InChI=1S/C20H31N3O/c1-16(2)18-4-6-19(7-5-18)22-12-14-23(15-13-22)20-8-10-21(11-9-20)17(3)24/h4-7,16,20H,8-15H2,1-3H3. The van der Waals surface area contributed by atoms with E-state index >= 15 is 0 Å². The van der Waals surface area contributed by atoms with Crippen LogP contribution in [0, 0.1) is 0 Å². The summed E-state index contributed by atoms with van der Waals surface area (Å²) >= 11 is 0. The second-order valence-corrected chi connectivity index (χ2v) is 7.51. The van der Waals surface area contributed by atoms with Gasteiger partial charge in [0.25, 0.3) is 0 Å². The van der Waals surface area contributed by atoms with E-state index in [0.717, 1.165) is 52.1 Å². The molecule has 24 heavy (non-hydrogen) atoms. The Bertz CT molecular complexity index is 539. The lowest BCUT2D eigenvalue weighted by Gasteiger charge is -2.43. The number of carbonyl (C=O) groups is 1. The highest BCUT2D eigenvalue weighted by molar-refractivity contribution is 5.73. The first kappa shape index (κ1) is 17.3. The van der Waals surface area contributed by atoms with Crippen LogP contribution in [0.2, 0.25) is 0 Å². The average molecular weight is 329 g/mol. The summed E-state index contributed by atoms with van der Waals surface area (Å²) in [4.78, 5) is 18.6. The Morgan fingerprint density at radius 1 is 0.958 bits per heavy atom. The normalized spacial score (nSPS) is 20.7. The molecule has 2 saturated heterocycles. The lowest BCUT2D eigenvalue weighted by molar-refractivity contribution is -0.130. The maximum atomic E-state index is 11.5. The Kier molecular flexibility index (Phi) is 5.44. The maximum absolute atomic E-state index is 11.5. The van der Waals surface area contributed by atoms with Crippen LogP contribution >= 0.6 is 0 Å². The molecular formula is C20H31N3O. The molecule has 1 aromatic carbocycles. The number of hydrogen-bond donors (Lipinski definition) is 0. The molecule has 2 fully saturated rings. The van der Waals surface area contributed by atoms with E-state index in [4.69, 9.17) is 0 Å². The van der Waals surface area contributed by atoms with Gasteiger partial charge < -0.3 is 9.80 Å². The van der Waals surface area contributed by atoms with Gasteiger partial charge in [0.05, 0.1) is 0 Å². The van der Waals surface area contributed by atoms with Crippen LogP contribution in [0.4, 0.5) is 5.69 Å². The summed E-state index contributed by atoms with van der Waals surface area (Å²) in [7, 11) is 0. The first-order valence-electron chi connectivity index (χ1n) is 9.39. The van der Waals surface area contributed by atoms with E-state index in [1.54, 1.807) is 6.92 Å². The van der Waals surface area contributed by atoms with Crippen LogP contribution < -0.4 is 4.90 Å². The summed E-state index contributed by atoms with van der Waals surface area (Å²) in [6.07, 6.45) is 2.26. The van der Waals surface area contributed by atoms with Crippen molar-refractivity contribution in [3.05, 3.63) is 29.8 Å². The molecule has 0 N–H and O–H groups in total. The smallest absolute Gasteiger partial charge is 0.219 e. The minimum atomic E-state index is 0.225. The molecule has 0 spiro atoms. The maximum Gasteiger partial charge on any atom is 0.219 e. The summed E-state index contributed by atoms with van der Waals surface area (Å²) in [5.74, 6) is 0.819. The van der Waals surface area contributed by atoms with Gasteiger partial charge in [-0.05, 0) is 36.5 Å². The van der Waals surface area contributed by atoms with E-state index in [0.29, 0.717) is 12.0 Å². The number of nitrogens with zero attached hydrogens (tertiary/aromatic N) is 3. The molecule has 0 unspecified atom stereocenters. The molecule has 2 heterocycles. The third kappa shape index (κ3) is 3.92. The number of piperazine rings is 1. The number of amides is 1. The molecular weight excluding hydrogens is 298 g/mol. The summed E-state index contributed by atoms with van der Waals surface area (Å²) < 4.78 is 0. The van der Waals surface area contributed by atoms with Gasteiger partial charge in [0, 0.05) is 57.9 Å². The highest BCUT2D eigenvalue weighted by Crippen LogP contribution is 2.23. The van der Waals surface area contributed by atoms with Gasteiger partial charge in [0.2, 0.25) is 5.91 Å². The summed E-state index contributed by atoms with van der Waals surface area (Å²) in [6.45, 7) is 12.5. The fourth-order valence-corrected chi connectivity index (χ4v) is 3.96. The number of anilines is 1. The first-order valence-corrected chi connectivity index (χ1v) is 9.39. The number of carbonyl (C=O) groups excluding carboxylic acids is 1. The van der Waals surface area contributed by atoms with Crippen LogP contribution in [-0.2, 0) is 4.79 Å². The molecule has 0 bridgehead atoms. The van der Waals surface area contributed by atoms with Crippen LogP contribution in [0.5, 0.6) is 0 Å². The Morgan fingerprint density at radius 2 is 1.54 bits per heavy atom. The number of benzene rings is 1.